The summed E-state index contributed by atoms with van der Waals surface area (Å²) in [6, 6.07) is 4.01. The van der Waals surface area contributed by atoms with Gasteiger partial charge in [-0.25, -0.2) is 0 Å². The van der Waals surface area contributed by atoms with Crippen LogP contribution >= 0.6 is 11.6 Å². The zero-order chi connectivity index (χ0) is 16.0. The Labute approximate surface area is 127 Å². The highest BCUT2D eigenvalue weighted by atomic mass is 35.5. The van der Waals surface area contributed by atoms with Gasteiger partial charge in [0.15, 0.2) is 0 Å². The minimum Gasteiger partial charge on any atom is -0.492 e. The third-order valence-corrected chi connectivity index (χ3v) is 3.60. The van der Waals surface area contributed by atoms with Gasteiger partial charge in [0.05, 0.1) is 22.1 Å². The third kappa shape index (κ3) is 4.57. The van der Waals surface area contributed by atoms with E-state index in [-0.39, 0.29) is 10.7 Å². The lowest BCUT2D eigenvalue weighted by atomic mass is 9.95. The van der Waals surface area contributed by atoms with E-state index in [4.69, 9.17) is 22.1 Å². The number of carbonyl (C=O) groups excluding carboxylic acids is 1. The van der Waals surface area contributed by atoms with Crippen molar-refractivity contribution >= 4 is 23.2 Å². The van der Waals surface area contributed by atoms with Crippen LogP contribution in [0.5, 0.6) is 5.75 Å². The van der Waals surface area contributed by atoms with Crippen molar-refractivity contribution in [2.45, 2.75) is 25.3 Å². The lowest BCUT2D eigenvalue weighted by molar-refractivity contribution is -0.384. The van der Waals surface area contributed by atoms with E-state index in [1.165, 1.54) is 18.2 Å². The predicted molar refractivity (Wildman–Crippen MR) is 79.5 cm³/mol. The predicted octanol–water partition coefficient (Wildman–Crippen LogP) is 1.87. The number of non-ortho nitro benzene ring substituents is 1. The summed E-state index contributed by atoms with van der Waals surface area (Å²) in [5, 5.41) is 13.6. The molecule has 7 nitrogen and oxygen atoms in total. The van der Waals surface area contributed by atoms with Crippen molar-refractivity contribution in [1.29, 1.82) is 0 Å². The number of hydrogen-bond donors (Lipinski definition) is 2. The molecular formula is C13H18ClN3O4. The maximum atomic E-state index is 11.3. The first-order valence-corrected chi connectivity index (χ1v) is 6.73. The number of amides is 1. The molecule has 3 N–H and O–H groups in total. The molecule has 0 saturated heterocycles. The summed E-state index contributed by atoms with van der Waals surface area (Å²) in [7, 11) is 1.67. The maximum Gasteiger partial charge on any atom is 0.271 e. The second kappa shape index (κ2) is 7.24. The summed E-state index contributed by atoms with van der Waals surface area (Å²) in [5.74, 6) is -0.0640. The number of primary amides is 1. The number of rotatable bonds is 8. The number of halogens is 1. The molecule has 1 atom stereocenters. The number of nitrogens with two attached hydrogens (primary N) is 1. The second-order valence-electron chi connectivity index (χ2n) is 4.77. The van der Waals surface area contributed by atoms with Crippen molar-refractivity contribution in [3.63, 3.8) is 0 Å². The average Bonchev–Trinajstić information content (AvgIpc) is 2.44. The van der Waals surface area contributed by atoms with Gasteiger partial charge < -0.3 is 15.8 Å². The third-order valence-electron chi connectivity index (χ3n) is 3.30. The van der Waals surface area contributed by atoms with Gasteiger partial charge >= 0.3 is 0 Å². The van der Waals surface area contributed by atoms with Gasteiger partial charge in [0.25, 0.3) is 5.69 Å². The Bertz CT molecular complexity index is 538. The van der Waals surface area contributed by atoms with Crippen molar-refractivity contribution in [1.82, 2.24) is 5.32 Å². The first-order chi connectivity index (χ1) is 9.80. The monoisotopic (exact) mass is 315 g/mol. The molecule has 0 heterocycles. The number of nitrogens with one attached hydrogen (secondary N) is 1. The highest BCUT2D eigenvalue weighted by molar-refractivity contribution is 6.32. The summed E-state index contributed by atoms with van der Waals surface area (Å²) in [4.78, 5) is 21.4. The minimum atomic E-state index is -0.789. The van der Waals surface area contributed by atoms with E-state index in [9.17, 15) is 14.9 Å². The van der Waals surface area contributed by atoms with E-state index in [1.54, 1.807) is 14.0 Å². The van der Waals surface area contributed by atoms with Gasteiger partial charge in [0.2, 0.25) is 5.91 Å². The number of carbonyl (C=O) groups is 1. The quantitative estimate of drug-likeness (QED) is 0.432. The summed E-state index contributed by atoms with van der Waals surface area (Å²) < 4.78 is 5.46. The molecule has 0 fully saturated rings. The fourth-order valence-electron chi connectivity index (χ4n) is 1.70. The number of hydrogen-bond acceptors (Lipinski definition) is 5. The van der Waals surface area contributed by atoms with Gasteiger partial charge in [-0.2, -0.15) is 0 Å². The van der Waals surface area contributed by atoms with Crippen LogP contribution in [0.1, 0.15) is 19.8 Å². The normalized spacial score (nSPS) is 13.5. The van der Waals surface area contributed by atoms with E-state index in [2.05, 4.69) is 5.32 Å². The van der Waals surface area contributed by atoms with Crippen LogP contribution in [0.4, 0.5) is 5.69 Å². The highest BCUT2D eigenvalue weighted by Gasteiger charge is 2.28. The number of nitro groups is 1. The zero-order valence-electron chi connectivity index (χ0n) is 11.9. The molecule has 0 bridgehead atoms. The van der Waals surface area contributed by atoms with Gasteiger partial charge in [-0.15, -0.1) is 0 Å². The Kier molecular flexibility index (Phi) is 5.92. The minimum absolute atomic E-state index is 0.0937. The molecule has 0 radical (unpaired) electrons. The van der Waals surface area contributed by atoms with Crippen LogP contribution in [0.3, 0.4) is 0 Å². The van der Waals surface area contributed by atoms with Crippen LogP contribution < -0.4 is 15.8 Å². The molecule has 1 amide bonds. The molecule has 0 aliphatic carbocycles. The molecule has 0 aliphatic rings. The van der Waals surface area contributed by atoms with Gasteiger partial charge in [-0.05, 0) is 32.9 Å². The molecule has 1 rings (SSSR count). The smallest absolute Gasteiger partial charge is 0.271 e. The molecule has 1 aromatic rings. The van der Waals surface area contributed by atoms with Crippen LogP contribution in [0.15, 0.2) is 18.2 Å². The van der Waals surface area contributed by atoms with Crippen molar-refractivity contribution in [3.05, 3.63) is 33.3 Å². The molecule has 0 spiro atoms. The lowest BCUT2D eigenvalue weighted by Crippen LogP contribution is -2.51. The largest absolute Gasteiger partial charge is 0.492 e. The first kappa shape index (κ1) is 17.2. The van der Waals surface area contributed by atoms with E-state index in [0.29, 0.717) is 25.2 Å². The topological polar surface area (TPSA) is 107 Å². The van der Waals surface area contributed by atoms with E-state index < -0.39 is 16.4 Å². The number of nitrogens with zero attached hydrogens (tertiary/aromatic N) is 1. The van der Waals surface area contributed by atoms with Crippen molar-refractivity contribution in [2.75, 3.05) is 13.7 Å². The Hall–Kier alpha value is -1.86. The Morgan fingerprint density at radius 1 is 1.57 bits per heavy atom. The van der Waals surface area contributed by atoms with Gasteiger partial charge in [-0.3, -0.25) is 14.9 Å². The number of likely N-dealkylation sites (N-methyl/N-ethyl adjacent to an activating group) is 1. The van der Waals surface area contributed by atoms with Gasteiger partial charge in [-0.1, -0.05) is 11.6 Å². The molecule has 21 heavy (non-hydrogen) atoms. The molecule has 116 valence electrons. The summed E-state index contributed by atoms with van der Waals surface area (Å²) >= 11 is 5.90. The van der Waals surface area contributed by atoms with Crippen LogP contribution in [0.25, 0.3) is 0 Å². The Morgan fingerprint density at radius 2 is 2.24 bits per heavy atom. The standard InChI is InChI=1S/C13H18ClN3O4/c1-13(16-2,12(15)18)6-3-7-21-11-5-4-9(17(19)20)8-10(11)14/h4-5,8,16H,3,6-7H2,1-2H3,(H2,15,18). The molecule has 8 heteroatoms. The van der Waals surface area contributed by atoms with Crippen molar-refractivity contribution < 1.29 is 14.5 Å². The number of nitro benzene ring substituents is 1. The van der Waals surface area contributed by atoms with Crippen LogP contribution in [-0.4, -0.2) is 30.0 Å². The highest BCUT2D eigenvalue weighted by Crippen LogP contribution is 2.28. The van der Waals surface area contributed by atoms with E-state index in [0.717, 1.165) is 0 Å². The molecule has 0 aliphatic heterocycles. The van der Waals surface area contributed by atoms with Gasteiger partial charge in [0, 0.05) is 12.1 Å². The first-order valence-electron chi connectivity index (χ1n) is 6.35. The lowest BCUT2D eigenvalue weighted by Gasteiger charge is -2.25. The summed E-state index contributed by atoms with van der Waals surface area (Å²) in [6.07, 6.45) is 1.08. The molecule has 1 unspecified atom stereocenters. The fourth-order valence-corrected chi connectivity index (χ4v) is 1.93. The molecule has 0 aromatic heterocycles. The summed E-state index contributed by atoms with van der Waals surface area (Å²) in [6.45, 7) is 2.04. The molecule has 0 saturated carbocycles. The van der Waals surface area contributed by atoms with Gasteiger partial charge in [0.1, 0.15) is 5.75 Å². The SMILES string of the molecule is CNC(C)(CCCOc1ccc([N+](=O)[O-])cc1Cl)C(N)=O. The van der Waals surface area contributed by atoms with Crippen LogP contribution in [-0.2, 0) is 4.79 Å². The van der Waals surface area contributed by atoms with Crippen molar-refractivity contribution in [2.24, 2.45) is 5.73 Å². The summed E-state index contributed by atoms with van der Waals surface area (Å²) in [5.41, 5.74) is 4.43. The number of ether oxygens (including phenoxy) is 1. The molecular weight excluding hydrogens is 298 g/mol. The maximum absolute atomic E-state index is 11.3. The number of benzene rings is 1. The van der Waals surface area contributed by atoms with Crippen LogP contribution in [0, 0.1) is 10.1 Å². The fraction of sp³-hybridized carbons (Fsp3) is 0.462. The Balaban J connectivity index is 2.53. The van der Waals surface area contributed by atoms with Crippen LogP contribution in [0.2, 0.25) is 5.02 Å². The second-order valence-corrected chi connectivity index (χ2v) is 5.18. The Morgan fingerprint density at radius 3 is 2.71 bits per heavy atom. The molecule has 1 aromatic carbocycles. The zero-order valence-corrected chi connectivity index (χ0v) is 12.6. The average molecular weight is 316 g/mol. The van der Waals surface area contributed by atoms with E-state index >= 15 is 0 Å². The van der Waals surface area contributed by atoms with Crippen molar-refractivity contribution in [3.8, 4) is 5.75 Å². The van der Waals surface area contributed by atoms with E-state index in [1.807, 2.05) is 0 Å².